The molecule has 0 atom stereocenters. The van der Waals surface area contributed by atoms with E-state index >= 15 is 0 Å². The molecule has 0 spiro atoms. The minimum Gasteiger partial charge on any atom is -0.496 e. The van der Waals surface area contributed by atoms with Crippen LogP contribution in [-0.2, 0) is 11.3 Å². The monoisotopic (exact) mass is 334 g/mol. The standard InChI is InChI=1S/C19H14N2O4/c1-23-18-8-3-2-7-16(18)17-10-15(25-21-17)12-24-19(22)14-6-4-5-13(9-14)11-20/h2-10H,12H2,1H3. The molecule has 0 aliphatic rings. The van der Waals surface area contributed by atoms with Crippen LogP contribution in [0.4, 0.5) is 0 Å². The Bertz CT molecular complexity index is 940. The fraction of sp³-hybridized carbons (Fsp3) is 0.105. The van der Waals surface area contributed by atoms with E-state index in [9.17, 15) is 4.79 Å². The minimum absolute atomic E-state index is 0.0578. The van der Waals surface area contributed by atoms with Crippen molar-refractivity contribution in [3.8, 4) is 23.1 Å². The lowest BCUT2D eigenvalue weighted by Gasteiger charge is -2.04. The van der Waals surface area contributed by atoms with Crippen LogP contribution in [0.25, 0.3) is 11.3 Å². The van der Waals surface area contributed by atoms with Crippen molar-refractivity contribution in [3.63, 3.8) is 0 Å². The summed E-state index contributed by atoms with van der Waals surface area (Å²) in [4.78, 5) is 12.0. The van der Waals surface area contributed by atoms with Gasteiger partial charge in [-0.3, -0.25) is 0 Å². The van der Waals surface area contributed by atoms with E-state index in [1.807, 2.05) is 30.3 Å². The van der Waals surface area contributed by atoms with Gasteiger partial charge < -0.3 is 14.0 Å². The molecule has 0 bridgehead atoms. The molecule has 0 amide bonds. The van der Waals surface area contributed by atoms with Gasteiger partial charge in [0, 0.05) is 11.6 Å². The van der Waals surface area contributed by atoms with Crippen LogP contribution in [0.5, 0.6) is 5.75 Å². The van der Waals surface area contributed by atoms with Gasteiger partial charge in [-0.1, -0.05) is 23.4 Å². The van der Waals surface area contributed by atoms with Gasteiger partial charge in [0.2, 0.25) is 0 Å². The molecule has 0 unspecified atom stereocenters. The zero-order valence-electron chi connectivity index (χ0n) is 13.4. The third-order valence-corrected chi connectivity index (χ3v) is 3.51. The maximum Gasteiger partial charge on any atom is 0.338 e. The highest BCUT2D eigenvalue weighted by atomic mass is 16.5. The molecule has 25 heavy (non-hydrogen) atoms. The quantitative estimate of drug-likeness (QED) is 0.663. The molecule has 6 nitrogen and oxygen atoms in total. The van der Waals surface area contributed by atoms with Crippen LogP contribution in [-0.4, -0.2) is 18.2 Å². The number of aromatic nitrogens is 1. The normalized spacial score (nSPS) is 10.1. The number of benzene rings is 2. The van der Waals surface area contributed by atoms with E-state index in [0.717, 1.165) is 5.56 Å². The van der Waals surface area contributed by atoms with Gasteiger partial charge >= 0.3 is 5.97 Å². The predicted molar refractivity (Wildman–Crippen MR) is 88.8 cm³/mol. The summed E-state index contributed by atoms with van der Waals surface area (Å²) in [6, 6.07) is 17.4. The Balaban J connectivity index is 1.69. The number of rotatable bonds is 5. The third kappa shape index (κ3) is 3.67. The van der Waals surface area contributed by atoms with E-state index in [2.05, 4.69) is 5.16 Å². The summed E-state index contributed by atoms with van der Waals surface area (Å²) >= 11 is 0. The summed E-state index contributed by atoms with van der Waals surface area (Å²) in [5.41, 5.74) is 2.08. The molecular weight excluding hydrogens is 320 g/mol. The second kappa shape index (κ2) is 7.32. The zero-order valence-corrected chi connectivity index (χ0v) is 13.4. The molecule has 3 rings (SSSR count). The Morgan fingerprint density at radius 2 is 2.04 bits per heavy atom. The average Bonchev–Trinajstić information content (AvgIpc) is 3.15. The Hall–Kier alpha value is -3.59. The summed E-state index contributed by atoms with van der Waals surface area (Å²) in [6.07, 6.45) is 0. The van der Waals surface area contributed by atoms with Gasteiger partial charge in [0.15, 0.2) is 12.4 Å². The fourth-order valence-electron chi connectivity index (χ4n) is 2.30. The summed E-state index contributed by atoms with van der Waals surface area (Å²) in [6.45, 7) is -0.0578. The first-order valence-electron chi connectivity index (χ1n) is 7.47. The number of carbonyl (C=O) groups is 1. The van der Waals surface area contributed by atoms with Crippen LogP contribution < -0.4 is 4.74 Å². The number of nitrogens with zero attached hydrogens (tertiary/aromatic N) is 2. The molecule has 0 aliphatic heterocycles. The lowest BCUT2D eigenvalue weighted by molar-refractivity contribution is 0.0437. The van der Waals surface area contributed by atoms with Gasteiger partial charge in [-0.2, -0.15) is 5.26 Å². The largest absolute Gasteiger partial charge is 0.496 e. The molecule has 0 fully saturated rings. The van der Waals surface area contributed by atoms with Crippen LogP contribution in [0.3, 0.4) is 0 Å². The molecule has 1 heterocycles. The summed E-state index contributed by atoms with van der Waals surface area (Å²) < 4.78 is 15.7. The number of carbonyl (C=O) groups excluding carboxylic acids is 1. The Morgan fingerprint density at radius 1 is 1.20 bits per heavy atom. The lowest BCUT2D eigenvalue weighted by Crippen LogP contribution is -2.05. The predicted octanol–water partition coefficient (Wildman–Crippen LogP) is 3.58. The van der Waals surface area contributed by atoms with Crippen molar-refractivity contribution in [2.24, 2.45) is 0 Å². The lowest BCUT2D eigenvalue weighted by atomic mass is 10.1. The van der Waals surface area contributed by atoms with Crippen molar-refractivity contribution in [2.45, 2.75) is 6.61 Å². The first kappa shape index (κ1) is 16.3. The smallest absolute Gasteiger partial charge is 0.338 e. The number of esters is 1. The van der Waals surface area contributed by atoms with E-state index < -0.39 is 5.97 Å². The highest BCUT2D eigenvalue weighted by molar-refractivity contribution is 5.89. The fourth-order valence-corrected chi connectivity index (χ4v) is 2.30. The number of methoxy groups -OCH3 is 1. The summed E-state index contributed by atoms with van der Waals surface area (Å²) in [5.74, 6) is 0.547. The van der Waals surface area contributed by atoms with E-state index in [1.54, 1.807) is 31.4 Å². The Labute approximate surface area is 144 Å². The molecule has 0 saturated carbocycles. The van der Waals surface area contributed by atoms with E-state index in [4.69, 9.17) is 19.3 Å². The van der Waals surface area contributed by atoms with Crippen molar-refractivity contribution >= 4 is 5.97 Å². The zero-order chi connectivity index (χ0) is 17.6. The minimum atomic E-state index is -0.535. The van der Waals surface area contributed by atoms with Gasteiger partial charge in [0.05, 0.1) is 24.3 Å². The van der Waals surface area contributed by atoms with Crippen molar-refractivity contribution in [1.29, 1.82) is 5.26 Å². The molecule has 0 radical (unpaired) electrons. The second-order valence-electron chi connectivity index (χ2n) is 5.15. The number of nitriles is 1. The highest BCUT2D eigenvalue weighted by Crippen LogP contribution is 2.29. The van der Waals surface area contributed by atoms with E-state index in [0.29, 0.717) is 28.3 Å². The summed E-state index contributed by atoms with van der Waals surface area (Å²) in [7, 11) is 1.58. The Kier molecular flexibility index (Phi) is 4.77. The number of para-hydroxylation sites is 1. The van der Waals surface area contributed by atoms with E-state index in [1.165, 1.54) is 6.07 Å². The highest BCUT2D eigenvalue weighted by Gasteiger charge is 2.13. The van der Waals surface area contributed by atoms with Crippen LogP contribution in [0.15, 0.2) is 59.1 Å². The molecular formula is C19H14N2O4. The van der Waals surface area contributed by atoms with Gasteiger partial charge in [-0.15, -0.1) is 0 Å². The molecule has 124 valence electrons. The molecule has 3 aromatic rings. The van der Waals surface area contributed by atoms with Gasteiger partial charge in [-0.25, -0.2) is 4.79 Å². The first-order chi connectivity index (χ1) is 12.2. The van der Waals surface area contributed by atoms with Crippen molar-refractivity contribution in [3.05, 3.63) is 71.5 Å². The summed E-state index contributed by atoms with van der Waals surface area (Å²) in [5, 5.41) is 12.9. The Morgan fingerprint density at radius 3 is 2.84 bits per heavy atom. The van der Waals surface area contributed by atoms with E-state index in [-0.39, 0.29) is 6.61 Å². The molecule has 0 aliphatic carbocycles. The SMILES string of the molecule is COc1ccccc1-c1cc(COC(=O)c2cccc(C#N)c2)on1. The average molecular weight is 334 g/mol. The topological polar surface area (TPSA) is 85.4 Å². The number of hydrogen-bond acceptors (Lipinski definition) is 6. The maximum atomic E-state index is 12.0. The molecule has 1 aromatic heterocycles. The molecule has 2 aromatic carbocycles. The van der Waals surface area contributed by atoms with Gasteiger partial charge in [-0.05, 0) is 30.3 Å². The third-order valence-electron chi connectivity index (χ3n) is 3.51. The molecule has 0 saturated heterocycles. The van der Waals surface area contributed by atoms with Crippen LogP contribution in [0, 0.1) is 11.3 Å². The first-order valence-corrected chi connectivity index (χ1v) is 7.47. The number of ether oxygens (including phenoxy) is 2. The maximum absolute atomic E-state index is 12.0. The number of hydrogen-bond donors (Lipinski definition) is 0. The van der Waals surface area contributed by atoms with Crippen molar-refractivity contribution in [1.82, 2.24) is 5.16 Å². The van der Waals surface area contributed by atoms with Crippen molar-refractivity contribution < 1.29 is 18.8 Å². The molecule has 0 N–H and O–H groups in total. The van der Waals surface area contributed by atoms with Crippen LogP contribution >= 0.6 is 0 Å². The van der Waals surface area contributed by atoms with Crippen LogP contribution in [0.1, 0.15) is 21.7 Å². The molecule has 6 heteroatoms. The van der Waals surface area contributed by atoms with Gasteiger partial charge in [0.1, 0.15) is 11.4 Å². The van der Waals surface area contributed by atoms with Crippen molar-refractivity contribution in [2.75, 3.05) is 7.11 Å². The second-order valence-corrected chi connectivity index (χ2v) is 5.15. The van der Waals surface area contributed by atoms with Crippen LogP contribution in [0.2, 0.25) is 0 Å². The van der Waals surface area contributed by atoms with Gasteiger partial charge in [0.25, 0.3) is 0 Å².